The van der Waals surface area contributed by atoms with Gasteiger partial charge in [0.1, 0.15) is 5.82 Å². The summed E-state index contributed by atoms with van der Waals surface area (Å²) in [6, 6.07) is 10.6. The van der Waals surface area contributed by atoms with Crippen molar-refractivity contribution in [2.45, 2.75) is 57.5 Å². The molecule has 2 aromatic rings. The van der Waals surface area contributed by atoms with Crippen LogP contribution in [0, 0.1) is 22.5 Å². The van der Waals surface area contributed by atoms with Crippen molar-refractivity contribution in [1.82, 2.24) is 24.1 Å². The van der Waals surface area contributed by atoms with Crippen LogP contribution in [0.15, 0.2) is 30.3 Å². The van der Waals surface area contributed by atoms with Crippen LogP contribution < -0.4 is 0 Å². The zero-order valence-corrected chi connectivity index (χ0v) is 20.9. The molecule has 5 fully saturated rings. The Balaban J connectivity index is 1.30. The Labute approximate surface area is 206 Å². The van der Waals surface area contributed by atoms with Crippen LogP contribution in [0.2, 0.25) is 0 Å². The lowest BCUT2D eigenvalue weighted by atomic mass is 9.49. The second kappa shape index (κ2) is 8.79. The summed E-state index contributed by atoms with van der Waals surface area (Å²) < 4.78 is 10.3. The molecule has 1 aromatic carbocycles. The molecule has 1 aliphatic heterocycles. The Morgan fingerprint density at radius 1 is 1.03 bits per heavy atom. The molecule has 0 N–H and O–H groups in total. The summed E-state index contributed by atoms with van der Waals surface area (Å²) in [5.74, 6) is 3.74. The van der Waals surface area contributed by atoms with Crippen LogP contribution in [0.5, 0.6) is 0 Å². The number of benzene rings is 1. The minimum Gasteiger partial charge on any atom is -0.450 e. The maximum atomic E-state index is 12.1. The first-order chi connectivity index (χ1) is 16.5. The third kappa shape index (κ3) is 3.88. The predicted molar refractivity (Wildman–Crippen MR) is 132 cm³/mol. The van der Waals surface area contributed by atoms with E-state index in [0.29, 0.717) is 26.4 Å². The topological polar surface area (TPSA) is 55.5 Å². The van der Waals surface area contributed by atoms with E-state index in [9.17, 15) is 4.79 Å². The normalized spacial score (nSPS) is 30.6. The number of ether oxygens (including phenoxy) is 1. The lowest BCUT2D eigenvalue weighted by molar-refractivity contribution is -0.0106. The van der Waals surface area contributed by atoms with Crippen LogP contribution in [0.1, 0.15) is 51.3 Å². The highest BCUT2D eigenvalue weighted by Gasteiger charge is 2.54. The number of carbonyl (C=O) groups is 1. The fraction of sp³-hybridized carbons (Fsp3) is 0.654. The van der Waals surface area contributed by atoms with E-state index in [1.54, 1.807) is 4.90 Å². The van der Waals surface area contributed by atoms with Crippen molar-refractivity contribution in [1.29, 1.82) is 0 Å². The van der Waals surface area contributed by atoms with Crippen LogP contribution in [-0.4, -0.2) is 63.0 Å². The molecule has 7 nitrogen and oxygen atoms in total. The monoisotopic (exact) mass is 481 g/mol. The van der Waals surface area contributed by atoms with Gasteiger partial charge in [-0.25, -0.2) is 9.48 Å². The standard InChI is InChI=1S/C26H35N5O2S/c1-2-33-25(32)29-10-8-28(9-11-29)18-30-24(34)31(22-6-4-3-5-7-22)23(27-30)26-15-19-12-20(16-26)14-21(13-19)17-26/h3-7,19-21H,2,8-18H2,1H3. The zero-order chi connectivity index (χ0) is 23.3. The summed E-state index contributed by atoms with van der Waals surface area (Å²) in [7, 11) is 0. The van der Waals surface area contributed by atoms with Crippen LogP contribution in [0.4, 0.5) is 4.79 Å². The summed E-state index contributed by atoms with van der Waals surface area (Å²) in [4.78, 5) is 16.2. The quantitative estimate of drug-likeness (QED) is 0.584. The highest BCUT2D eigenvalue weighted by Crippen LogP contribution is 2.60. The molecule has 7 rings (SSSR count). The molecule has 182 valence electrons. The van der Waals surface area contributed by atoms with E-state index >= 15 is 0 Å². The number of hydrogen-bond acceptors (Lipinski definition) is 5. The lowest BCUT2D eigenvalue weighted by Crippen LogP contribution is -2.50. The average molecular weight is 482 g/mol. The molecule has 0 unspecified atom stereocenters. The number of rotatable bonds is 5. The third-order valence-electron chi connectivity index (χ3n) is 8.60. The molecule has 4 saturated carbocycles. The summed E-state index contributed by atoms with van der Waals surface area (Å²) in [6.07, 6.45) is 7.81. The number of nitrogens with zero attached hydrogens (tertiary/aromatic N) is 5. The van der Waals surface area contributed by atoms with Crippen molar-refractivity contribution in [2.75, 3.05) is 32.8 Å². The molecule has 8 heteroatoms. The molecule has 0 atom stereocenters. The van der Waals surface area contributed by atoms with Gasteiger partial charge in [-0.2, -0.15) is 5.10 Å². The zero-order valence-electron chi connectivity index (χ0n) is 20.1. The molecule has 34 heavy (non-hydrogen) atoms. The smallest absolute Gasteiger partial charge is 0.409 e. The third-order valence-corrected chi connectivity index (χ3v) is 8.99. The van der Waals surface area contributed by atoms with Crippen molar-refractivity contribution in [2.24, 2.45) is 17.8 Å². The number of piperazine rings is 1. The van der Waals surface area contributed by atoms with Gasteiger partial charge in [0.05, 0.1) is 13.3 Å². The Kier molecular flexibility index (Phi) is 5.76. The number of para-hydroxylation sites is 1. The van der Waals surface area contributed by atoms with Gasteiger partial charge in [-0.15, -0.1) is 0 Å². The Bertz CT molecular complexity index is 1070. The summed E-state index contributed by atoms with van der Waals surface area (Å²) in [5, 5.41) is 5.28. The Morgan fingerprint density at radius 2 is 1.65 bits per heavy atom. The first-order valence-corrected chi connectivity index (χ1v) is 13.4. The van der Waals surface area contributed by atoms with Gasteiger partial charge in [0.2, 0.25) is 4.77 Å². The van der Waals surface area contributed by atoms with Crippen molar-refractivity contribution < 1.29 is 9.53 Å². The van der Waals surface area contributed by atoms with Gasteiger partial charge >= 0.3 is 6.09 Å². The van der Waals surface area contributed by atoms with Gasteiger partial charge in [-0.05, 0) is 87.6 Å². The highest BCUT2D eigenvalue weighted by molar-refractivity contribution is 7.71. The van der Waals surface area contributed by atoms with Gasteiger partial charge in [-0.1, -0.05) is 18.2 Å². The van der Waals surface area contributed by atoms with Gasteiger partial charge in [0, 0.05) is 37.3 Å². The largest absolute Gasteiger partial charge is 0.450 e. The van der Waals surface area contributed by atoms with Crippen molar-refractivity contribution in [3.63, 3.8) is 0 Å². The van der Waals surface area contributed by atoms with E-state index in [1.807, 2.05) is 11.6 Å². The van der Waals surface area contributed by atoms with E-state index in [1.165, 1.54) is 44.3 Å². The number of carbonyl (C=O) groups excluding carboxylic acids is 1. The molecule has 1 aromatic heterocycles. The molecule has 1 saturated heterocycles. The van der Waals surface area contributed by atoms with Gasteiger partial charge < -0.3 is 9.64 Å². The second-order valence-corrected chi connectivity index (χ2v) is 11.3. The lowest BCUT2D eigenvalue weighted by Gasteiger charge is -2.56. The van der Waals surface area contributed by atoms with Crippen LogP contribution in [0.25, 0.3) is 5.69 Å². The van der Waals surface area contributed by atoms with Crippen LogP contribution in [0.3, 0.4) is 0 Å². The van der Waals surface area contributed by atoms with Crippen LogP contribution in [-0.2, 0) is 16.8 Å². The van der Waals surface area contributed by atoms with E-state index in [2.05, 4.69) is 39.8 Å². The predicted octanol–water partition coefficient (Wildman–Crippen LogP) is 4.60. The van der Waals surface area contributed by atoms with E-state index in [0.717, 1.165) is 41.3 Å². The van der Waals surface area contributed by atoms with E-state index < -0.39 is 0 Å². The second-order valence-electron chi connectivity index (χ2n) is 10.9. The number of amides is 1. The average Bonchev–Trinajstić information content (AvgIpc) is 3.16. The van der Waals surface area contributed by atoms with E-state index in [4.69, 9.17) is 22.1 Å². The summed E-state index contributed by atoms with van der Waals surface area (Å²) >= 11 is 6.07. The number of aromatic nitrogens is 3. The maximum Gasteiger partial charge on any atom is 0.409 e. The summed E-state index contributed by atoms with van der Waals surface area (Å²) in [5.41, 5.74) is 1.28. The fourth-order valence-corrected chi connectivity index (χ4v) is 7.80. The molecular formula is C26H35N5O2S. The molecule has 5 aliphatic rings. The SMILES string of the molecule is CCOC(=O)N1CCN(Cn2nc(C34CC5CC(CC(C5)C3)C4)n(-c3ccccc3)c2=S)CC1. The molecule has 0 spiro atoms. The van der Waals surface area contributed by atoms with Gasteiger partial charge in [0.25, 0.3) is 0 Å². The highest BCUT2D eigenvalue weighted by atomic mass is 32.1. The van der Waals surface area contributed by atoms with Crippen molar-refractivity contribution in [3.05, 3.63) is 40.9 Å². The van der Waals surface area contributed by atoms with Crippen LogP contribution >= 0.6 is 12.2 Å². The molecule has 4 bridgehead atoms. The molecule has 2 heterocycles. The van der Waals surface area contributed by atoms with E-state index in [-0.39, 0.29) is 11.5 Å². The first-order valence-electron chi connectivity index (χ1n) is 12.9. The molecule has 0 radical (unpaired) electrons. The number of hydrogen-bond donors (Lipinski definition) is 0. The fourth-order valence-electron chi connectivity index (χ4n) is 7.51. The molecule has 4 aliphatic carbocycles. The minimum atomic E-state index is -0.212. The van der Waals surface area contributed by atoms with Gasteiger partial charge in [-0.3, -0.25) is 9.47 Å². The Hall–Kier alpha value is -2.19. The maximum absolute atomic E-state index is 12.1. The van der Waals surface area contributed by atoms with Crippen molar-refractivity contribution >= 4 is 18.3 Å². The minimum absolute atomic E-state index is 0.159. The Morgan fingerprint density at radius 3 is 2.24 bits per heavy atom. The summed E-state index contributed by atoms with van der Waals surface area (Å²) in [6.45, 7) is 5.87. The molecular weight excluding hydrogens is 446 g/mol. The van der Waals surface area contributed by atoms with Crippen molar-refractivity contribution in [3.8, 4) is 5.69 Å². The first kappa shape index (κ1) is 22.3. The van der Waals surface area contributed by atoms with Gasteiger partial charge in [0.15, 0.2) is 0 Å². The molecule has 1 amide bonds.